The molecule has 3 rings (SSSR count). The molecule has 0 bridgehead atoms. The average Bonchev–Trinajstić information content (AvgIpc) is 3.31. The number of unbranched alkanes of at least 4 members (excludes halogenated alkanes) is 1. The van der Waals surface area contributed by atoms with Gasteiger partial charge >= 0.3 is 16.2 Å². The van der Waals surface area contributed by atoms with Crippen LogP contribution in [0, 0.1) is 0 Å². The summed E-state index contributed by atoms with van der Waals surface area (Å²) >= 11 is 0. The van der Waals surface area contributed by atoms with Gasteiger partial charge in [-0.15, -0.1) is 0 Å². The van der Waals surface area contributed by atoms with Crippen LogP contribution >= 0.6 is 0 Å². The number of aromatic nitrogens is 2. The molecule has 1 aromatic heterocycles. The van der Waals surface area contributed by atoms with Crippen LogP contribution in [0.4, 0.5) is 0 Å². The zero-order valence-electron chi connectivity index (χ0n) is 18.6. The molecule has 0 aliphatic carbocycles. The summed E-state index contributed by atoms with van der Waals surface area (Å²) in [6.07, 6.45) is 4.94. The minimum atomic E-state index is -4.03. The molecular weight excluding hydrogens is 434 g/mol. The molecule has 0 amide bonds. The zero-order valence-corrected chi connectivity index (χ0v) is 19.4. The predicted molar refractivity (Wildman–Crippen MR) is 118 cm³/mol. The summed E-state index contributed by atoms with van der Waals surface area (Å²) < 4.78 is 44.1. The first-order valence-corrected chi connectivity index (χ1v) is 12.2. The first kappa shape index (κ1) is 24.4. The van der Waals surface area contributed by atoms with Crippen molar-refractivity contribution < 1.29 is 27.4 Å². The highest BCUT2D eigenvalue weighted by Gasteiger charge is 2.39. The Kier molecular flexibility index (Phi) is 8.80. The first-order chi connectivity index (χ1) is 15.5. The number of piperidine rings is 1. The molecule has 32 heavy (non-hydrogen) atoms. The van der Waals surface area contributed by atoms with Crippen LogP contribution in [0.3, 0.4) is 0 Å². The van der Waals surface area contributed by atoms with Crippen molar-refractivity contribution in [1.82, 2.24) is 13.5 Å². The fourth-order valence-electron chi connectivity index (χ4n) is 3.78. The Bertz CT molecular complexity index is 959. The normalized spacial score (nSPS) is 17.5. The standard InChI is InChI=1S/C22H31N3O6S/c1-29-22(30-2)19-14-16-25(23-19)32(27,28)24-15-8-6-13-20(24)21(26)31-17-9-7-12-18-10-4-3-5-11-18/h3-5,10-11,14,16,20,22H,6-9,12-13,15,17H2,1-2H3. The third-order valence-electron chi connectivity index (χ3n) is 5.46. The van der Waals surface area contributed by atoms with E-state index < -0.39 is 28.5 Å². The predicted octanol–water partition coefficient (Wildman–Crippen LogP) is 2.69. The highest BCUT2D eigenvalue weighted by atomic mass is 32.2. The third kappa shape index (κ3) is 5.94. The van der Waals surface area contributed by atoms with Gasteiger partial charge in [0.25, 0.3) is 0 Å². The van der Waals surface area contributed by atoms with E-state index in [-0.39, 0.29) is 13.2 Å². The number of carbonyl (C=O) groups excluding carboxylic acids is 1. The molecule has 2 heterocycles. The van der Waals surface area contributed by atoms with Gasteiger partial charge in [0.1, 0.15) is 11.7 Å². The summed E-state index contributed by atoms with van der Waals surface area (Å²) in [5, 5.41) is 4.09. The van der Waals surface area contributed by atoms with Crippen molar-refractivity contribution in [2.75, 3.05) is 27.4 Å². The number of carbonyl (C=O) groups is 1. The maximum absolute atomic E-state index is 13.2. The maximum atomic E-state index is 13.2. The van der Waals surface area contributed by atoms with Crippen LogP contribution in [0.15, 0.2) is 42.6 Å². The number of esters is 1. The molecular formula is C22H31N3O6S. The van der Waals surface area contributed by atoms with Crippen LogP contribution in [-0.4, -0.2) is 61.3 Å². The summed E-state index contributed by atoms with van der Waals surface area (Å²) in [5.41, 5.74) is 1.57. The maximum Gasteiger partial charge on any atom is 0.324 e. The number of hydrogen-bond acceptors (Lipinski definition) is 7. The molecule has 1 aromatic carbocycles. The topological polar surface area (TPSA) is 100.0 Å². The first-order valence-electron chi connectivity index (χ1n) is 10.8. The Morgan fingerprint density at radius 2 is 1.88 bits per heavy atom. The minimum Gasteiger partial charge on any atom is -0.464 e. The van der Waals surface area contributed by atoms with E-state index in [4.69, 9.17) is 14.2 Å². The molecule has 2 aromatic rings. The SMILES string of the molecule is COC(OC)c1ccn(S(=O)(=O)N2CCCCC2C(=O)OCCCCc2ccccc2)n1. The third-order valence-corrected chi connectivity index (χ3v) is 7.17. The van der Waals surface area contributed by atoms with Gasteiger partial charge in [-0.05, 0) is 50.2 Å². The van der Waals surface area contributed by atoms with E-state index in [1.165, 1.54) is 36.4 Å². The number of hydrogen-bond donors (Lipinski definition) is 0. The van der Waals surface area contributed by atoms with Crippen molar-refractivity contribution in [3.05, 3.63) is 53.9 Å². The smallest absolute Gasteiger partial charge is 0.324 e. The number of ether oxygens (including phenoxy) is 3. The second-order valence-electron chi connectivity index (χ2n) is 7.66. The number of benzene rings is 1. The van der Waals surface area contributed by atoms with Crippen LogP contribution in [0.25, 0.3) is 0 Å². The highest BCUT2D eigenvalue weighted by Crippen LogP contribution is 2.24. The van der Waals surface area contributed by atoms with E-state index in [0.29, 0.717) is 18.5 Å². The Morgan fingerprint density at radius 3 is 2.59 bits per heavy atom. The van der Waals surface area contributed by atoms with E-state index in [1.54, 1.807) is 0 Å². The molecule has 9 nitrogen and oxygen atoms in total. The Morgan fingerprint density at radius 1 is 1.12 bits per heavy atom. The molecule has 0 saturated carbocycles. The lowest BCUT2D eigenvalue weighted by molar-refractivity contribution is -0.149. The lowest BCUT2D eigenvalue weighted by Crippen LogP contribution is -2.50. The zero-order chi connectivity index (χ0) is 23.0. The molecule has 176 valence electrons. The van der Waals surface area contributed by atoms with Crippen molar-refractivity contribution in [3.63, 3.8) is 0 Å². The van der Waals surface area contributed by atoms with Crippen molar-refractivity contribution in [2.24, 2.45) is 0 Å². The van der Waals surface area contributed by atoms with Gasteiger partial charge < -0.3 is 14.2 Å². The molecule has 0 radical (unpaired) electrons. The van der Waals surface area contributed by atoms with Crippen molar-refractivity contribution in [2.45, 2.75) is 50.9 Å². The molecule has 1 fully saturated rings. The van der Waals surface area contributed by atoms with E-state index >= 15 is 0 Å². The summed E-state index contributed by atoms with van der Waals surface area (Å²) in [6.45, 7) is 0.509. The van der Waals surface area contributed by atoms with Crippen molar-refractivity contribution in [1.29, 1.82) is 0 Å². The van der Waals surface area contributed by atoms with Gasteiger partial charge in [-0.1, -0.05) is 30.3 Å². The molecule has 0 spiro atoms. The number of rotatable bonds is 11. The number of methoxy groups -OCH3 is 2. The van der Waals surface area contributed by atoms with Gasteiger partial charge in [-0.3, -0.25) is 4.79 Å². The number of nitrogens with zero attached hydrogens (tertiary/aromatic N) is 3. The fourth-order valence-corrected chi connectivity index (χ4v) is 5.28. The van der Waals surface area contributed by atoms with Crippen LogP contribution in [-0.2, 0) is 35.6 Å². The summed E-state index contributed by atoms with van der Waals surface area (Å²) in [4.78, 5) is 12.7. The average molecular weight is 466 g/mol. The molecule has 10 heteroatoms. The minimum absolute atomic E-state index is 0.239. The molecule has 1 atom stereocenters. The van der Waals surface area contributed by atoms with Crippen molar-refractivity contribution >= 4 is 16.2 Å². The van der Waals surface area contributed by atoms with E-state index in [0.717, 1.165) is 29.8 Å². The fraction of sp³-hybridized carbons (Fsp3) is 0.545. The lowest BCUT2D eigenvalue weighted by atomic mass is 10.1. The second kappa shape index (κ2) is 11.6. The molecule has 0 N–H and O–H groups in total. The quantitative estimate of drug-likeness (QED) is 0.286. The van der Waals surface area contributed by atoms with Crippen molar-refractivity contribution in [3.8, 4) is 0 Å². The largest absolute Gasteiger partial charge is 0.464 e. The van der Waals surface area contributed by atoms with Crippen LogP contribution in [0.5, 0.6) is 0 Å². The summed E-state index contributed by atoms with van der Waals surface area (Å²) in [6, 6.07) is 10.8. The van der Waals surface area contributed by atoms with Crippen LogP contribution in [0.2, 0.25) is 0 Å². The number of aryl methyl sites for hydroxylation is 1. The molecule has 1 unspecified atom stereocenters. The monoisotopic (exact) mass is 465 g/mol. The van der Waals surface area contributed by atoms with Gasteiger partial charge in [0.05, 0.1) is 6.61 Å². The highest BCUT2D eigenvalue weighted by molar-refractivity contribution is 7.87. The van der Waals surface area contributed by atoms with Gasteiger partial charge in [-0.25, -0.2) is 0 Å². The molecule has 1 saturated heterocycles. The van der Waals surface area contributed by atoms with Gasteiger partial charge in [0.2, 0.25) is 6.29 Å². The lowest BCUT2D eigenvalue weighted by Gasteiger charge is -2.32. The van der Waals surface area contributed by atoms with E-state index in [9.17, 15) is 13.2 Å². The Hall–Kier alpha value is -2.27. The van der Waals surface area contributed by atoms with E-state index in [1.807, 2.05) is 18.2 Å². The van der Waals surface area contributed by atoms with Crippen LogP contribution < -0.4 is 0 Å². The van der Waals surface area contributed by atoms with E-state index in [2.05, 4.69) is 17.2 Å². The van der Waals surface area contributed by atoms with Crippen LogP contribution in [0.1, 0.15) is 49.7 Å². The molecule has 1 aliphatic rings. The Balaban J connectivity index is 1.58. The van der Waals surface area contributed by atoms with Gasteiger partial charge in [0, 0.05) is 27.0 Å². The second-order valence-corrected chi connectivity index (χ2v) is 9.40. The molecule has 1 aliphatic heterocycles. The Labute approximate surface area is 189 Å². The van der Waals surface area contributed by atoms with Gasteiger partial charge in [0.15, 0.2) is 0 Å². The summed E-state index contributed by atoms with van der Waals surface area (Å²) in [5.74, 6) is -0.507. The van der Waals surface area contributed by atoms with Gasteiger partial charge in [-0.2, -0.15) is 21.9 Å². The summed E-state index contributed by atoms with van der Waals surface area (Å²) in [7, 11) is -1.14.